The van der Waals surface area contributed by atoms with Gasteiger partial charge in [-0.1, -0.05) is 18.2 Å². The van der Waals surface area contributed by atoms with Crippen LogP contribution in [0.5, 0.6) is 0 Å². The van der Waals surface area contributed by atoms with E-state index in [-0.39, 0.29) is 22.4 Å². The van der Waals surface area contributed by atoms with Gasteiger partial charge in [0.05, 0.1) is 16.1 Å². The minimum atomic E-state index is -3.76. The Balaban J connectivity index is 1.68. The maximum atomic E-state index is 12.7. The van der Waals surface area contributed by atoms with E-state index in [2.05, 4.69) is 5.32 Å². The van der Waals surface area contributed by atoms with Gasteiger partial charge >= 0.3 is 5.97 Å². The molecule has 1 aliphatic carbocycles. The lowest BCUT2D eigenvalue weighted by Crippen LogP contribution is -2.37. The fourth-order valence-electron chi connectivity index (χ4n) is 2.53. The Hall–Kier alpha value is -2.87. The summed E-state index contributed by atoms with van der Waals surface area (Å²) < 4.78 is 31.8. The zero-order chi connectivity index (χ0) is 20.3. The van der Waals surface area contributed by atoms with E-state index in [1.807, 2.05) is 0 Å². The SMILES string of the molecule is C[C@@H](OC(=O)c1ccc(S(=O)(=O)N(C)c2ccccc2)cc1)C(=O)NC1CC1. The lowest BCUT2D eigenvalue weighted by Gasteiger charge is -2.19. The normalized spacial score (nSPS) is 14.8. The van der Waals surface area contributed by atoms with Crippen molar-refractivity contribution in [2.45, 2.75) is 36.8 Å². The van der Waals surface area contributed by atoms with Crippen molar-refractivity contribution in [2.75, 3.05) is 11.4 Å². The molecule has 1 fully saturated rings. The lowest BCUT2D eigenvalue weighted by molar-refractivity contribution is -0.129. The summed E-state index contributed by atoms with van der Waals surface area (Å²) in [6.07, 6.45) is 0.972. The van der Waals surface area contributed by atoms with Crippen LogP contribution in [0.15, 0.2) is 59.5 Å². The third-order valence-electron chi connectivity index (χ3n) is 4.44. The second-order valence-corrected chi connectivity index (χ2v) is 8.63. The van der Waals surface area contributed by atoms with Crippen LogP contribution in [0.25, 0.3) is 0 Å². The molecule has 3 rings (SSSR count). The zero-order valence-electron chi connectivity index (χ0n) is 15.7. The quantitative estimate of drug-likeness (QED) is 0.718. The summed E-state index contributed by atoms with van der Waals surface area (Å²) in [5, 5.41) is 2.77. The summed E-state index contributed by atoms with van der Waals surface area (Å²) in [6, 6.07) is 14.3. The molecular weight excluding hydrogens is 380 g/mol. The highest BCUT2D eigenvalue weighted by Gasteiger charge is 2.27. The van der Waals surface area contributed by atoms with Crippen LogP contribution >= 0.6 is 0 Å². The van der Waals surface area contributed by atoms with E-state index in [0.717, 1.165) is 12.8 Å². The van der Waals surface area contributed by atoms with Crippen LogP contribution in [0.1, 0.15) is 30.1 Å². The summed E-state index contributed by atoms with van der Waals surface area (Å²) in [5.74, 6) is -1.02. The molecule has 1 atom stereocenters. The molecule has 0 aliphatic heterocycles. The highest BCUT2D eigenvalue weighted by atomic mass is 32.2. The van der Waals surface area contributed by atoms with E-state index >= 15 is 0 Å². The van der Waals surface area contributed by atoms with Gasteiger partial charge in [0.25, 0.3) is 15.9 Å². The van der Waals surface area contributed by atoms with Crippen LogP contribution in [-0.4, -0.2) is 39.5 Å². The van der Waals surface area contributed by atoms with Gasteiger partial charge in [0, 0.05) is 13.1 Å². The Kier molecular flexibility index (Phi) is 5.69. The standard InChI is InChI=1S/C20H22N2O5S/c1-14(19(23)21-16-10-11-16)27-20(24)15-8-12-18(13-9-15)28(25,26)22(2)17-6-4-3-5-7-17/h3-9,12-14,16H,10-11H2,1-2H3,(H,21,23)/t14-/m1/s1. The van der Waals surface area contributed by atoms with Crippen molar-refractivity contribution in [3.05, 3.63) is 60.2 Å². The molecule has 0 bridgehead atoms. The first kappa shape index (κ1) is 19.9. The van der Waals surface area contributed by atoms with Gasteiger partial charge in [-0.2, -0.15) is 0 Å². The zero-order valence-corrected chi connectivity index (χ0v) is 16.5. The molecule has 1 amide bonds. The molecule has 148 valence electrons. The van der Waals surface area contributed by atoms with Gasteiger partial charge < -0.3 is 10.1 Å². The largest absolute Gasteiger partial charge is 0.449 e. The summed E-state index contributed by atoms with van der Waals surface area (Å²) in [5.41, 5.74) is 0.703. The average Bonchev–Trinajstić information content (AvgIpc) is 3.52. The first-order valence-corrected chi connectivity index (χ1v) is 10.4. The molecule has 1 saturated carbocycles. The Morgan fingerprint density at radius 3 is 2.25 bits per heavy atom. The van der Waals surface area contributed by atoms with Gasteiger partial charge in [0.2, 0.25) is 0 Å². The Labute approximate surface area is 164 Å². The van der Waals surface area contributed by atoms with Crippen molar-refractivity contribution in [3.8, 4) is 0 Å². The number of hydrogen-bond acceptors (Lipinski definition) is 5. The molecule has 7 nitrogen and oxygen atoms in total. The number of carbonyl (C=O) groups is 2. The first-order valence-electron chi connectivity index (χ1n) is 8.94. The molecule has 2 aromatic carbocycles. The average molecular weight is 402 g/mol. The number of nitrogens with one attached hydrogen (secondary N) is 1. The van der Waals surface area contributed by atoms with E-state index in [4.69, 9.17) is 4.74 Å². The molecule has 8 heteroatoms. The minimum Gasteiger partial charge on any atom is -0.449 e. The molecule has 28 heavy (non-hydrogen) atoms. The second kappa shape index (κ2) is 8.02. The van der Waals surface area contributed by atoms with Gasteiger partial charge in [0.15, 0.2) is 6.10 Å². The number of nitrogens with zero attached hydrogens (tertiary/aromatic N) is 1. The lowest BCUT2D eigenvalue weighted by atomic mass is 10.2. The number of hydrogen-bond donors (Lipinski definition) is 1. The minimum absolute atomic E-state index is 0.0509. The second-order valence-electron chi connectivity index (χ2n) is 6.66. The molecular formula is C20H22N2O5S. The number of esters is 1. The number of para-hydroxylation sites is 1. The maximum absolute atomic E-state index is 12.7. The number of ether oxygens (including phenoxy) is 1. The predicted molar refractivity (Wildman–Crippen MR) is 105 cm³/mol. The smallest absolute Gasteiger partial charge is 0.338 e. The van der Waals surface area contributed by atoms with Crippen LogP contribution < -0.4 is 9.62 Å². The Morgan fingerprint density at radius 1 is 1.07 bits per heavy atom. The number of rotatable bonds is 7. The van der Waals surface area contributed by atoms with Gasteiger partial charge in [-0.3, -0.25) is 9.10 Å². The molecule has 1 aliphatic rings. The van der Waals surface area contributed by atoms with Gasteiger partial charge in [-0.05, 0) is 56.2 Å². The summed E-state index contributed by atoms with van der Waals surface area (Å²) >= 11 is 0. The fraction of sp³-hybridized carbons (Fsp3) is 0.300. The van der Waals surface area contributed by atoms with Crippen LogP contribution in [0.3, 0.4) is 0 Å². The van der Waals surface area contributed by atoms with Gasteiger partial charge in [-0.15, -0.1) is 0 Å². The maximum Gasteiger partial charge on any atom is 0.338 e. The molecule has 0 aromatic heterocycles. The van der Waals surface area contributed by atoms with E-state index in [0.29, 0.717) is 5.69 Å². The molecule has 1 N–H and O–H groups in total. The van der Waals surface area contributed by atoms with Crippen molar-refractivity contribution in [3.63, 3.8) is 0 Å². The van der Waals surface area contributed by atoms with Crippen molar-refractivity contribution in [1.29, 1.82) is 0 Å². The number of amides is 1. The number of carbonyl (C=O) groups excluding carboxylic acids is 2. The van der Waals surface area contributed by atoms with E-state index < -0.39 is 22.1 Å². The summed E-state index contributed by atoms with van der Waals surface area (Å²) in [7, 11) is -2.30. The van der Waals surface area contributed by atoms with Crippen molar-refractivity contribution in [1.82, 2.24) is 5.32 Å². The summed E-state index contributed by atoms with van der Waals surface area (Å²) in [6.45, 7) is 1.50. The predicted octanol–water partition coefficient (Wildman–Crippen LogP) is 2.34. The molecule has 0 radical (unpaired) electrons. The molecule has 0 unspecified atom stereocenters. The topological polar surface area (TPSA) is 92.8 Å². The number of anilines is 1. The molecule has 0 spiro atoms. The third kappa shape index (κ3) is 4.51. The fourth-order valence-corrected chi connectivity index (χ4v) is 3.72. The highest BCUT2D eigenvalue weighted by Crippen LogP contribution is 2.22. The van der Waals surface area contributed by atoms with Crippen LogP contribution in [0.2, 0.25) is 0 Å². The van der Waals surface area contributed by atoms with Gasteiger partial charge in [-0.25, -0.2) is 13.2 Å². The molecule has 0 heterocycles. The van der Waals surface area contributed by atoms with Crippen molar-refractivity contribution in [2.24, 2.45) is 0 Å². The number of benzene rings is 2. The summed E-state index contributed by atoms with van der Waals surface area (Å²) in [4.78, 5) is 24.1. The highest BCUT2D eigenvalue weighted by molar-refractivity contribution is 7.92. The van der Waals surface area contributed by atoms with Crippen molar-refractivity contribution >= 4 is 27.6 Å². The van der Waals surface area contributed by atoms with E-state index in [9.17, 15) is 18.0 Å². The Bertz CT molecular complexity index is 954. The van der Waals surface area contributed by atoms with Gasteiger partial charge in [0.1, 0.15) is 0 Å². The molecule has 0 saturated heterocycles. The van der Waals surface area contributed by atoms with E-state index in [1.165, 1.54) is 42.5 Å². The first-order chi connectivity index (χ1) is 13.3. The van der Waals surface area contributed by atoms with Crippen molar-refractivity contribution < 1.29 is 22.7 Å². The monoisotopic (exact) mass is 402 g/mol. The Morgan fingerprint density at radius 2 is 1.68 bits per heavy atom. The molecule has 2 aromatic rings. The third-order valence-corrected chi connectivity index (χ3v) is 6.24. The van der Waals surface area contributed by atoms with Crippen LogP contribution in [-0.2, 0) is 19.6 Å². The number of sulfonamides is 1. The van der Waals surface area contributed by atoms with E-state index in [1.54, 1.807) is 30.3 Å². The van der Waals surface area contributed by atoms with Crippen LogP contribution in [0.4, 0.5) is 5.69 Å². The van der Waals surface area contributed by atoms with Crippen LogP contribution in [0, 0.1) is 0 Å².